The normalized spacial score (nSPS) is 25.9. The van der Waals surface area contributed by atoms with Crippen molar-refractivity contribution in [3.05, 3.63) is 53.4 Å². The number of aromatic nitrogens is 3. The molecule has 4 rings (SSSR count). The molecular formula is C22H27N5O2. The molecule has 2 aromatic heterocycles. The molecule has 0 saturated heterocycles. The second kappa shape index (κ2) is 7.89. The molecule has 7 nitrogen and oxygen atoms in total. The van der Waals surface area contributed by atoms with Gasteiger partial charge in [0.1, 0.15) is 11.4 Å². The van der Waals surface area contributed by atoms with Gasteiger partial charge in [-0.15, -0.1) is 0 Å². The number of amides is 2. The van der Waals surface area contributed by atoms with Crippen LogP contribution in [0.3, 0.4) is 0 Å². The second-order valence-corrected chi connectivity index (χ2v) is 8.47. The summed E-state index contributed by atoms with van der Waals surface area (Å²) in [4.78, 5) is 38.0. The van der Waals surface area contributed by atoms with Gasteiger partial charge >= 0.3 is 0 Å². The lowest BCUT2D eigenvalue weighted by atomic mass is 9.91. The predicted molar refractivity (Wildman–Crippen MR) is 108 cm³/mol. The van der Waals surface area contributed by atoms with Crippen molar-refractivity contribution >= 4 is 11.8 Å². The Balaban J connectivity index is 1.43. The molecule has 152 valence electrons. The third-order valence-corrected chi connectivity index (χ3v) is 6.22. The molecule has 2 heterocycles. The molecule has 2 aromatic rings. The van der Waals surface area contributed by atoms with Crippen molar-refractivity contribution in [2.24, 2.45) is 5.92 Å². The Morgan fingerprint density at radius 3 is 2.76 bits per heavy atom. The van der Waals surface area contributed by atoms with E-state index in [9.17, 15) is 9.59 Å². The van der Waals surface area contributed by atoms with Crippen molar-refractivity contribution in [3.63, 3.8) is 0 Å². The van der Waals surface area contributed by atoms with E-state index in [1.165, 1.54) is 6.20 Å². The lowest BCUT2D eigenvalue weighted by molar-refractivity contribution is 0.0882. The second-order valence-electron chi connectivity index (χ2n) is 8.47. The number of nitrogens with zero attached hydrogens (tertiary/aromatic N) is 3. The first-order valence-electron chi connectivity index (χ1n) is 10.3. The van der Waals surface area contributed by atoms with Crippen LogP contribution in [0.1, 0.15) is 70.8 Å². The van der Waals surface area contributed by atoms with Crippen LogP contribution in [0.15, 0.2) is 30.7 Å². The minimum atomic E-state index is -0.214. The van der Waals surface area contributed by atoms with Crippen LogP contribution < -0.4 is 10.6 Å². The Morgan fingerprint density at radius 1 is 1.10 bits per heavy atom. The summed E-state index contributed by atoms with van der Waals surface area (Å²) < 4.78 is 0. The highest BCUT2D eigenvalue weighted by Gasteiger charge is 2.45. The third kappa shape index (κ3) is 4.28. The summed E-state index contributed by atoms with van der Waals surface area (Å²) >= 11 is 0. The van der Waals surface area contributed by atoms with Crippen molar-refractivity contribution in [3.8, 4) is 0 Å². The summed E-state index contributed by atoms with van der Waals surface area (Å²) in [5, 5.41) is 6.46. The van der Waals surface area contributed by atoms with E-state index in [2.05, 4.69) is 25.6 Å². The summed E-state index contributed by atoms with van der Waals surface area (Å²) in [6.45, 7) is 3.78. The van der Waals surface area contributed by atoms with Crippen LogP contribution in [0.4, 0.5) is 0 Å². The Kier molecular flexibility index (Phi) is 5.30. The summed E-state index contributed by atoms with van der Waals surface area (Å²) in [7, 11) is 0. The molecule has 3 unspecified atom stereocenters. The number of hydrogen-bond acceptors (Lipinski definition) is 5. The first-order valence-corrected chi connectivity index (χ1v) is 10.3. The SMILES string of the molecule is Cc1ccnc(C(=O)NC2CCCC3(NC(=O)c4cncc(C)n4)CCC2C3)c1. The van der Waals surface area contributed by atoms with Gasteiger partial charge in [-0.1, -0.05) is 0 Å². The molecule has 2 N–H and O–H groups in total. The maximum absolute atomic E-state index is 12.7. The van der Waals surface area contributed by atoms with Crippen LogP contribution in [0.2, 0.25) is 0 Å². The van der Waals surface area contributed by atoms with Crippen LogP contribution in [-0.2, 0) is 0 Å². The quantitative estimate of drug-likeness (QED) is 0.832. The molecule has 0 radical (unpaired) electrons. The zero-order chi connectivity index (χ0) is 20.4. The van der Waals surface area contributed by atoms with Gasteiger partial charge in [-0.3, -0.25) is 19.6 Å². The smallest absolute Gasteiger partial charge is 0.271 e. The Hall–Kier alpha value is -2.83. The highest BCUT2D eigenvalue weighted by Crippen LogP contribution is 2.43. The maximum atomic E-state index is 12.7. The minimum absolute atomic E-state index is 0.114. The Morgan fingerprint density at radius 2 is 1.97 bits per heavy atom. The topological polar surface area (TPSA) is 96.9 Å². The van der Waals surface area contributed by atoms with Crippen molar-refractivity contribution in [1.82, 2.24) is 25.6 Å². The highest BCUT2D eigenvalue weighted by molar-refractivity contribution is 5.93. The molecule has 3 atom stereocenters. The molecule has 29 heavy (non-hydrogen) atoms. The lowest BCUT2D eigenvalue weighted by Crippen LogP contribution is -2.46. The number of carbonyl (C=O) groups is 2. The monoisotopic (exact) mass is 393 g/mol. The van der Waals surface area contributed by atoms with Crippen LogP contribution in [0.5, 0.6) is 0 Å². The molecule has 0 spiro atoms. The Bertz CT molecular complexity index is 931. The molecule has 2 aliphatic carbocycles. The van der Waals surface area contributed by atoms with Gasteiger partial charge in [-0.05, 0) is 76.0 Å². The van der Waals surface area contributed by atoms with Gasteiger partial charge in [0.15, 0.2) is 0 Å². The molecule has 7 heteroatoms. The third-order valence-electron chi connectivity index (χ3n) is 6.22. The standard InChI is InChI=1S/C22H27N5O2/c1-14-6-9-24-18(10-14)20(28)26-17-4-3-7-22(8-5-16(17)11-22)27-21(29)19-13-23-12-15(2)25-19/h6,9-10,12-13,16-17H,3-5,7-8,11H2,1-2H3,(H,26,28)(H,27,29). The van der Waals surface area contributed by atoms with E-state index < -0.39 is 0 Å². The molecular weight excluding hydrogens is 366 g/mol. The van der Waals surface area contributed by atoms with E-state index in [1.54, 1.807) is 12.4 Å². The molecule has 2 saturated carbocycles. The van der Waals surface area contributed by atoms with Crippen molar-refractivity contribution in [2.45, 2.75) is 64.0 Å². The first kappa shape index (κ1) is 19.5. The van der Waals surface area contributed by atoms with Crippen LogP contribution in [0.25, 0.3) is 0 Å². The number of hydrogen-bond donors (Lipinski definition) is 2. The van der Waals surface area contributed by atoms with Gasteiger partial charge in [0.05, 0.1) is 11.9 Å². The molecule has 2 bridgehead atoms. The van der Waals surface area contributed by atoms with Crippen molar-refractivity contribution in [2.75, 3.05) is 0 Å². The van der Waals surface area contributed by atoms with E-state index in [1.807, 2.05) is 26.0 Å². The fourth-order valence-electron chi connectivity index (χ4n) is 4.78. The fraction of sp³-hybridized carbons (Fsp3) is 0.500. The summed E-state index contributed by atoms with van der Waals surface area (Å²) in [6, 6.07) is 3.81. The number of aryl methyl sites for hydroxylation is 2. The van der Waals surface area contributed by atoms with Crippen molar-refractivity contribution < 1.29 is 9.59 Å². The van der Waals surface area contributed by atoms with Crippen LogP contribution in [-0.4, -0.2) is 38.3 Å². The van der Waals surface area contributed by atoms with Crippen LogP contribution >= 0.6 is 0 Å². The average molecular weight is 393 g/mol. The minimum Gasteiger partial charge on any atom is -0.348 e. The van der Waals surface area contributed by atoms with E-state index in [4.69, 9.17) is 0 Å². The van der Waals surface area contributed by atoms with Gasteiger partial charge in [-0.2, -0.15) is 0 Å². The zero-order valence-electron chi connectivity index (χ0n) is 16.9. The zero-order valence-corrected chi connectivity index (χ0v) is 16.9. The van der Waals surface area contributed by atoms with E-state index in [0.717, 1.165) is 49.8 Å². The number of rotatable bonds is 4. The average Bonchev–Trinajstić information content (AvgIpc) is 3.02. The fourth-order valence-corrected chi connectivity index (χ4v) is 4.78. The van der Waals surface area contributed by atoms with Crippen molar-refractivity contribution in [1.29, 1.82) is 0 Å². The molecule has 0 aromatic carbocycles. The largest absolute Gasteiger partial charge is 0.348 e. The maximum Gasteiger partial charge on any atom is 0.271 e. The molecule has 0 aliphatic heterocycles. The molecule has 2 aliphatic rings. The lowest BCUT2D eigenvalue weighted by Gasteiger charge is -2.29. The van der Waals surface area contributed by atoms with E-state index >= 15 is 0 Å². The number of fused-ring (bicyclic) bond motifs is 2. The van der Waals surface area contributed by atoms with Gasteiger partial charge in [-0.25, -0.2) is 4.98 Å². The number of nitrogens with one attached hydrogen (secondary N) is 2. The molecule has 2 amide bonds. The van der Waals surface area contributed by atoms with Gasteiger partial charge in [0.25, 0.3) is 11.8 Å². The summed E-state index contributed by atoms with van der Waals surface area (Å²) in [6.07, 6.45) is 10.4. The predicted octanol–water partition coefficient (Wildman–Crippen LogP) is 2.74. The van der Waals surface area contributed by atoms with Gasteiger partial charge in [0, 0.05) is 24.0 Å². The van der Waals surface area contributed by atoms with Gasteiger partial charge in [0.2, 0.25) is 0 Å². The Labute approximate surface area is 170 Å². The number of carbonyl (C=O) groups excluding carboxylic acids is 2. The van der Waals surface area contributed by atoms with E-state index in [0.29, 0.717) is 17.3 Å². The van der Waals surface area contributed by atoms with E-state index in [-0.39, 0.29) is 23.4 Å². The summed E-state index contributed by atoms with van der Waals surface area (Å²) in [5.74, 6) is 0.0839. The van der Waals surface area contributed by atoms with Gasteiger partial charge < -0.3 is 10.6 Å². The highest BCUT2D eigenvalue weighted by atomic mass is 16.2. The molecule has 2 fully saturated rings. The number of pyridine rings is 1. The first-order chi connectivity index (χ1) is 13.9. The van der Waals surface area contributed by atoms with Crippen LogP contribution in [0, 0.1) is 19.8 Å². The summed E-state index contributed by atoms with van der Waals surface area (Å²) in [5.41, 5.74) is 2.36.